The van der Waals surface area contributed by atoms with Gasteiger partial charge in [-0.05, 0) is 0 Å². The van der Waals surface area contributed by atoms with Crippen molar-refractivity contribution in [1.82, 2.24) is 0 Å². The highest BCUT2D eigenvalue weighted by Gasteiger charge is 2.20. The van der Waals surface area contributed by atoms with Crippen molar-refractivity contribution in [1.29, 1.82) is 0 Å². The third-order valence-electron chi connectivity index (χ3n) is 6.91. The molecule has 0 nitrogen and oxygen atoms in total. The summed E-state index contributed by atoms with van der Waals surface area (Å²) in [6.45, 7) is 10.6. The molecule has 156 valence electrons. The molecule has 0 amide bonds. The van der Waals surface area contributed by atoms with Gasteiger partial charge in [0.2, 0.25) is 0 Å². The highest BCUT2D eigenvalue weighted by molar-refractivity contribution is 6.77. The normalized spacial score (nSPS) is 26.3. The van der Waals surface area contributed by atoms with E-state index in [-0.39, 0.29) is 0 Å². The highest BCUT2D eigenvalue weighted by atomic mass is 28.3. The van der Waals surface area contributed by atoms with Crippen LogP contribution in [-0.2, 0) is 0 Å². The summed E-state index contributed by atoms with van der Waals surface area (Å²) in [6.07, 6.45) is 24.2. The van der Waals surface area contributed by atoms with Gasteiger partial charge in [-0.3, -0.25) is 0 Å². The molecule has 1 aliphatic rings. The van der Waals surface area contributed by atoms with Crippen molar-refractivity contribution in [2.75, 3.05) is 0 Å². The smallest absolute Gasteiger partial charge is 0.0473 e. The van der Waals surface area contributed by atoms with Crippen molar-refractivity contribution >= 4 is 16.1 Å². The number of rotatable bonds is 0. The number of hydrogen-bond acceptors (Lipinski definition) is 0. The summed E-state index contributed by atoms with van der Waals surface area (Å²) in [5.41, 5.74) is 0. The van der Waals surface area contributed by atoms with E-state index in [0.29, 0.717) is 0 Å². The zero-order valence-electron chi connectivity index (χ0n) is 19.1. The van der Waals surface area contributed by atoms with E-state index in [9.17, 15) is 0 Å². The predicted molar refractivity (Wildman–Crippen MR) is 128 cm³/mol. The fraction of sp³-hybridized carbons (Fsp3) is 1.00. The molecular weight excluding hydrogens is 344 g/mol. The van der Waals surface area contributed by atoms with Crippen molar-refractivity contribution in [2.24, 2.45) is 0 Å². The molecule has 0 atom stereocenters. The van der Waals surface area contributed by atoms with Gasteiger partial charge in [0.25, 0.3) is 0 Å². The molecule has 0 bridgehead atoms. The highest BCUT2D eigenvalue weighted by Crippen LogP contribution is 2.25. The maximum absolute atomic E-state index is 2.65. The van der Waals surface area contributed by atoms with Gasteiger partial charge in [0, 0.05) is 16.1 Å². The summed E-state index contributed by atoms with van der Waals surface area (Å²) >= 11 is 0. The Labute approximate surface area is 169 Å². The molecule has 1 heterocycles. The average molecular weight is 397 g/mol. The van der Waals surface area contributed by atoms with Crippen LogP contribution in [0.3, 0.4) is 0 Å². The maximum Gasteiger partial charge on any atom is 0.0473 e. The molecule has 2 heteroatoms. The van der Waals surface area contributed by atoms with Crippen LogP contribution in [0, 0.1) is 0 Å². The third kappa shape index (κ3) is 14.5. The van der Waals surface area contributed by atoms with Gasteiger partial charge < -0.3 is 0 Å². The zero-order chi connectivity index (χ0) is 19.1. The minimum Gasteiger partial charge on any atom is -0.0693 e. The van der Waals surface area contributed by atoms with Crippen LogP contribution in [-0.4, -0.2) is 16.1 Å². The van der Waals surface area contributed by atoms with Gasteiger partial charge in [0.05, 0.1) is 0 Å². The summed E-state index contributed by atoms with van der Waals surface area (Å²) in [5, 5.41) is 0. The Bertz CT molecular complexity index is 262. The molecule has 0 aliphatic carbocycles. The Hall–Kier alpha value is 0.434. The van der Waals surface area contributed by atoms with Gasteiger partial charge in [-0.25, -0.2) is 0 Å². The zero-order valence-corrected chi connectivity index (χ0v) is 21.1. The first-order chi connectivity index (χ1) is 12.4. The van der Waals surface area contributed by atoms with Crippen LogP contribution in [0.2, 0.25) is 50.4 Å². The van der Waals surface area contributed by atoms with E-state index in [0.717, 1.165) is 0 Å². The van der Waals surface area contributed by atoms with Gasteiger partial charge in [-0.1, -0.05) is 153 Å². The lowest BCUT2D eigenvalue weighted by Crippen LogP contribution is -2.24. The van der Waals surface area contributed by atoms with Crippen LogP contribution in [0.25, 0.3) is 0 Å². The second-order valence-electron chi connectivity index (χ2n) is 11.0. The van der Waals surface area contributed by atoms with E-state index in [1.807, 2.05) is 0 Å². The molecule has 26 heavy (non-hydrogen) atoms. The van der Waals surface area contributed by atoms with Crippen LogP contribution in [0.1, 0.15) is 103 Å². The topological polar surface area (TPSA) is 0 Å². The lowest BCUT2D eigenvalue weighted by molar-refractivity contribution is 0.575. The molecule has 0 aromatic rings. The van der Waals surface area contributed by atoms with Gasteiger partial charge in [0.15, 0.2) is 0 Å². The van der Waals surface area contributed by atoms with Crippen molar-refractivity contribution in [2.45, 2.75) is 153 Å². The molecule has 0 aromatic heterocycles. The van der Waals surface area contributed by atoms with Crippen LogP contribution in [0.4, 0.5) is 0 Å². The lowest BCUT2D eigenvalue weighted by atomic mass is 10.1. The molecule has 1 rings (SSSR count). The molecule has 0 saturated carbocycles. The van der Waals surface area contributed by atoms with E-state index in [2.05, 4.69) is 26.2 Å². The second-order valence-corrected chi connectivity index (χ2v) is 21.6. The maximum atomic E-state index is 2.65. The van der Waals surface area contributed by atoms with Gasteiger partial charge in [0.1, 0.15) is 0 Å². The first-order valence-corrected chi connectivity index (χ1v) is 19.2. The first kappa shape index (κ1) is 24.5. The van der Waals surface area contributed by atoms with E-state index in [1.54, 1.807) is 24.2 Å². The number of hydrogen-bond donors (Lipinski definition) is 0. The molecule has 1 saturated heterocycles. The fourth-order valence-corrected chi connectivity index (χ4v) is 10.1. The summed E-state index contributed by atoms with van der Waals surface area (Å²) in [6, 6.07) is 6.36. The summed E-state index contributed by atoms with van der Waals surface area (Å²) in [4.78, 5) is 0. The molecule has 0 radical (unpaired) electrons. The molecule has 0 spiro atoms. The Morgan fingerprint density at radius 2 is 0.423 bits per heavy atom. The predicted octanol–water partition coefficient (Wildman–Crippen LogP) is 9.66. The quantitative estimate of drug-likeness (QED) is 0.357. The lowest BCUT2D eigenvalue weighted by Gasteiger charge is -2.23. The van der Waals surface area contributed by atoms with Crippen LogP contribution >= 0.6 is 0 Å². The molecule has 0 N–H and O–H groups in total. The Kier molecular flexibility index (Phi) is 13.6. The van der Waals surface area contributed by atoms with Gasteiger partial charge in [-0.2, -0.15) is 0 Å². The Balaban J connectivity index is 2.27. The monoisotopic (exact) mass is 396 g/mol. The van der Waals surface area contributed by atoms with E-state index in [4.69, 9.17) is 0 Å². The minimum atomic E-state index is -0.873. The van der Waals surface area contributed by atoms with Crippen molar-refractivity contribution in [3.05, 3.63) is 0 Å². The minimum absolute atomic E-state index is 0.873. The third-order valence-corrected chi connectivity index (χ3v) is 13.7. The second kappa shape index (κ2) is 14.4. The molecule has 0 unspecified atom stereocenters. The van der Waals surface area contributed by atoms with Crippen LogP contribution < -0.4 is 0 Å². The molecule has 1 aliphatic heterocycles. The van der Waals surface area contributed by atoms with Crippen molar-refractivity contribution < 1.29 is 0 Å². The SMILES string of the molecule is C[Si]1(C)CCCCCCCCCC[Si](C)(C)CCCCCCCCCC1. The van der Waals surface area contributed by atoms with E-state index >= 15 is 0 Å². The summed E-state index contributed by atoms with van der Waals surface area (Å²) in [7, 11) is -1.75. The standard InChI is InChI=1S/C24H52Si2/c1-25(2)21-17-13-9-5-7-11-15-19-23-26(3,4)24-20-16-12-8-6-10-14-18-22-25/h5-24H2,1-4H3. The molecule has 1 fully saturated rings. The molecule has 0 aromatic carbocycles. The van der Waals surface area contributed by atoms with E-state index < -0.39 is 16.1 Å². The van der Waals surface area contributed by atoms with Crippen molar-refractivity contribution in [3.63, 3.8) is 0 Å². The Morgan fingerprint density at radius 1 is 0.269 bits per heavy atom. The van der Waals surface area contributed by atoms with Gasteiger partial charge in [-0.15, -0.1) is 0 Å². The summed E-state index contributed by atoms with van der Waals surface area (Å²) < 4.78 is 0. The fourth-order valence-electron chi connectivity index (χ4n) is 4.79. The van der Waals surface area contributed by atoms with Crippen LogP contribution in [0.15, 0.2) is 0 Å². The Morgan fingerprint density at radius 3 is 0.615 bits per heavy atom. The van der Waals surface area contributed by atoms with Crippen LogP contribution in [0.5, 0.6) is 0 Å². The summed E-state index contributed by atoms with van der Waals surface area (Å²) in [5.74, 6) is 0. The first-order valence-electron chi connectivity index (χ1n) is 12.4. The van der Waals surface area contributed by atoms with Crippen molar-refractivity contribution in [3.8, 4) is 0 Å². The average Bonchev–Trinajstić information content (AvgIpc) is 2.57. The largest absolute Gasteiger partial charge is 0.0693 e. The van der Waals surface area contributed by atoms with Gasteiger partial charge >= 0.3 is 0 Å². The van der Waals surface area contributed by atoms with E-state index in [1.165, 1.54) is 103 Å². The molecular formula is C24H52Si2.